The van der Waals surface area contributed by atoms with Gasteiger partial charge in [0.1, 0.15) is 10.8 Å². The Morgan fingerprint density at radius 3 is 2.67 bits per heavy atom. The van der Waals surface area contributed by atoms with Gasteiger partial charge in [0, 0.05) is 24.3 Å². The average molecular weight is 499 g/mol. The molecular formula is C30H30N2O3S. The molecule has 3 aromatic carbocycles. The molecule has 3 N–H and O–H groups in total. The second-order valence-electron chi connectivity index (χ2n) is 8.88. The van der Waals surface area contributed by atoms with E-state index in [2.05, 4.69) is 59.8 Å². The first-order valence-corrected chi connectivity index (χ1v) is 12.8. The molecule has 0 fully saturated rings. The highest BCUT2D eigenvalue weighted by Gasteiger charge is 2.25. The predicted molar refractivity (Wildman–Crippen MR) is 146 cm³/mol. The molecule has 36 heavy (non-hydrogen) atoms. The largest absolute Gasteiger partial charge is 0.490 e. The fraction of sp³-hybridized carbons (Fsp3) is 0.233. The molecule has 1 unspecified atom stereocenters. The molecule has 0 radical (unpaired) electrons. The lowest BCUT2D eigenvalue weighted by atomic mass is 10.0. The van der Waals surface area contributed by atoms with Crippen LogP contribution in [0.2, 0.25) is 0 Å². The molecule has 0 spiro atoms. The van der Waals surface area contributed by atoms with Crippen molar-refractivity contribution < 1.29 is 15.3 Å². The predicted octanol–water partition coefficient (Wildman–Crippen LogP) is 7.04. The van der Waals surface area contributed by atoms with Crippen molar-refractivity contribution in [3.63, 3.8) is 0 Å². The summed E-state index contributed by atoms with van der Waals surface area (Å²) in [6, 6.07) is 23.6. The standard InChI is InChI=1S/C30H28N2OS.H2O2/c1-4-22-17-23(13-16-28(22)33-20(2)3)30-32-19-29(34-30)26-12-8-11-25-24(26)14-15-27(25)31-18-21-9-6-5-7-10-21;1-2/h1,5-13,16-17,19-20,27,31H,14-15,18H2,2-3H3;1-2H. The molecule has 0 saturated heterocycles. The molecule has 0 aliphatic heterocycles. The number of thiazole rings is 1. The monoisotopic (exact) mass is 498 g/mol. The van der Waals surface area contributed by atoms with Crippen LogP contribution >= 0.6 is 11.3 Å². The number of benzene rings is 3. The first kappa shape index (κ1) is 25.6. The molecule has 0 saturated carbocycles. The van der Waals surface area contributed by atoms with Gasteiger partial charge >= 0.3 is 0 Å². The highest BCUT2D eigenvalue weighted by molar-refractivity contribution is 7.18. The first-order valence-electron chi connectivity index (χ1n) is 12.0. The highest BCUT2D eigenvalue weighted by atomic mass is 32.1. The number of terminal acetylenes is 1. The van der Waals surface area contributed by atoms with Gasteiger partial charge < -0.3 is 10.1 Å². The number of nitrogens with one attached hydrogen (secondary N) is 1. The van der Waals surface area contributed by atoms with Crippen LogP contribution < -0.4 is 10.1 Å². The molecule has 184 valence electrons. The summed E-state index contributed by atoms with van der Waals surface area (Å²) < 4.78 is 5.84. The van der Waals surface area contributed by atoms with Gasteiger partial charge in [-0.25, -0.2) is 4.98 Å². The normalized spacial score (nSPS) is 14.1. The summed E-state index contributed by atoms with van der Waals surface area (Å²) in [5.74, 6) is 3.50. The molecule has 1 heterocycles. The third-order valence-corrected chi connectivity index (χ3v) is 7.26. The molecule has 1 atom stereocenters. The summed E-state index contributed by atoms with van der Waals surface area (Å²) in [5.41, 5.74) is 7.24. The van der Waals surface area contributed by atoms with E-state index in [1.54, 1.807) is 11.3 Å². The fourth-order valence-corrected chi connectivity index (χ4v) is 5.56. The van der Waals surface area contributed by atoms with E-state index in [4.69, 9.17) is 26.7 Å². The van der Waals surface area contributed by atoms with E-state index in [0.29, 0.717) is 6.04 Å². The van der Waals surface area contributed by atoms with Crippen LogP contribution in [0, 0.1) is 12.3 Å². The third-order valence-electron chi connectivity index (χ3n) is 6.18. The van der Waals surface area contributed by atoms with Gasteiger partial charge in [0.25, 0.3) is 0 Å². The number of nitrogens with zero attached hydrogens (tertiary/aromatic N) is 1. The molecule has 5 rings (SSSR count). The second-order valence-corrected chi connectivity index (χ2v) is 9.91. The van der Waals surface area contributed by atoms with Crippen molar-refractivity contribution in [3.8, 4) is 39.1 Å². The van der Waals surface area contributed by atoms with Gasteiger partial charge in [0.2, 0.25) is 0 Å². The number of ether oxygens (including phenoxy) is 1. The summed E-state index contributed by atoms with van der Waals surface area (Å²) in [4.78, 5) is 5.94. The molecule has 4 aromatic rings. The Kier molecular flexibility index (Phi) is 8.52. The summed E-state index contributed by atoms with van der Waals surface area (Å²) in [7, 11) is 0. The van der Waals surface area contributed by atoms with E-state index in [-0.39, 0.29) is 6.10 Å². The minimum Gasteiger partial charge on any atom is -0.490 e. The fourth-order valence-electron chi connectivity index (χ4n) is 4.60. The van der Waals surface area contributed by atoms with Gasteiger partial charge in [-0.05, 0) is 67.1 Å². The lowest BCUT2D eigenvalue weighted by molar-refractivity contribution is -0.176. The second kappa shape index (κ2) is 12.0. The number of rotatable bonds is 7. The van der Waals surface area contributed by atoms with Crippen LogP contribution in [0.4, 0.5) is 0 Å². The van der Waals surface area contributed by atoms with Crippen LogP contribution in [0.3, 0.4) is 0 Å². The van der Waals surface area contributed by atoms with E-state index in [9.17, 15) is 0 Å². The van der Waals surface area contributed by atoms with Crippen LogP contribution in [0.1, 0.15) is 48.6 Å². The van der Waals surface area contributed by atoms with Crippen LogP contribution in [0.25, 0.3) is 21.0 Å². The maximum Gasteiger partial charge on any atom is 0.135 e. The van der Waals surface area contributed by atoms with Crippen molar-refractivity contribution >= 4 is 11.3 Å². The molecule has 5 nitrogen and oxygen atoms in total. The number of aromatic nitrogens is 1. The van der Waals surface area contributed by atoms with Crippen LogP contribution in [-0.4, -0.2) is 21.6 Å². The maximum atomic E-state index is 6.00. The summed E-state index contributed by atoms with van der Waals surface area (Å²) in [5, 5.41) is 16.7. The van der Waals surface area contributed by atoms with Gasteiger partial charge in [-0.15, -0.1) is 17.8 Å². The van der Waals surface area contributed by atoms with Gasteiger partial charge in [0.15, 0.2) is 0 Å². The minimum atomic E-state index is 0.0793. The van der Waals surface area contributed by atoms with Crippen LogP contribution in [-0.2, 0) is 13.0 Å². The smallest absolute Gasteiger partial charge is 0.135 e. The molecule has 0 amide bonds. The number of hydrogen-bond donors (Lipinski definition) is 3. The zero-order chi connectivity index (χ0) is 25.5. The molecule has 1 aromatic heterocycles. The van der Waals surface area contributed by atoms with Gasteiger partial charge in [-0.2, -0.15) is 0 Å². The quantitative estimate of drug-likeness (QED) is 0.145. The van der Waals surface area contributed by atoms with Crippen molar-refractivity contribution in [2.24, 2.45) is 0 Å². The van der Waals surface area contributed by atoms with Gasteiger partial charge in [-0.3, -0.25) is 10.5 Å². The summed E-state index contributed by atoms with van der Waals surface area (Å²) in [6.45, 7) is 4.89. The zero-order valence-corrected chi connectivity index (χ0v) is 21.3. The summed E-state index contributed by atoms with van der Waals surface area (Å²) >= 11 is 1.71. The lowest BCUT2D eigenvalue weighted by Gasteiger charge is -2.15. The summed E-state index contributed by atoms with van der Waals surface area (Å²) in [6.07, 6.45) is 10.0. The number of hydrogen-bond acceptors (Lipinski definition) is 6. The Labute approximate surface area is 216 Å². The van der Waals surface area contributed by atoms with Crippen LogP contribution in [0.5, 0.6) is 5.75 Å². The molecule has 1 aliphatic carbocycles. The van der Waals surface area contributed by atoms with Gasteiger partial charge in [0.05, 0.1) is 16.5 Å². The minimum absolute atomic E-state index is 0.0793. The van der Waals surface area contributed by atoms with Crippen LogP contribution in [0.15, 0.2) is 72.9 Å². The average Bonchev–Trinajstić information content (AvgIpc) is 3.57. The van der Waals surface area contributed by atoms with Crippen molar-refractivity contribution in [3.05, 3.63) is 95.2 Å². The van der Waals surface area contributed by atoms with Gasteiger partial charge in [-0.1, -0.05) is 54.5 Å². The Bertz CT molecular complexity index is 1340. The maximum absolute atomic E-state index is 6.00. The number of fused-ring (bicyclic) bond motifs is 1. The third kappa shape index (κ3) is 5.67. The van der Waals surface area contributed by atoms with E-state index >= 15 is 0 Å². The molecule has 6 heteroatoms. The SMILES string of the molecule is C#Cc1cc(-c2ncc(-c3cccc4c3CCC4NCc3ccccc3)s2)ccc1OC(C)C.OO. The Morgan fingerprint density at radius 2 is 1.92 bits per heavy atom. The van der Waals surface area contributed by atoms with Crippen molar-refractivity contribution in [2.45, 2.75) is 45.4 Å². The lowest BCUT2D eigenvalue weighted by Crippen LogP contribution is -2.18. The van der Waals surface area contributed by atoms with E-state index in [1.807, 2.05) is 38.2 Å². The Balaban J connectivity index is 0.00000148. The highest BCUT2D eigenvalue weighted by Crippen LogP contribution is 2.41. The van der Waals surface area contributed by atoms with E-state index < -0.39 is 0 Å². The van der Waals surface area contributed by atoms with E-state index in [0.717, 1.165) is 41.3 Å². The first-order chi connectivity index (χ1) is 17.6. The topological polar surface area (TPSA) is 74.6 Å². The Hall–Kier alpha value is -3.47. The Morgan fingerprint density at radius 1 is 1.11 bits per heavy atom. The molecule has 1 aliphatic rings. The van der Waals surface area contributed by atoms with E-state index in [1.165, 1.54) is 27.1 Å². The van der Waals surface area contributed by atoms with Crippen molar-refractivity contribution in [1.82, 2.24) is 10.3 Å². The molecule has 0 bridgehead atoms. The molecular weight excluding hydrogens is 468 g/mol. The zero-order valence-electron chi connectivity index (χ0n) is 20.4. The van der Waals surface area contributed by atoms with Crippen molar-refractivity contribution in [2.75, 3.05) is 0 Å². The van der Waals surface area contributed by atoms with Crippen molar-refractivity contribution in [1.29, 1.82) is 0 Å².